The first-order valence-corrected chi connectivity index (χ1v) is 12.6. The van der Waals surface area contributed by atoms with Crippen LogP contribution >= 0.6 is 0 Å². The van der Waals surface area contributed by atoms with Crippen LogP contribution in [-0.2, 0) is 21.4 Å². The van der Waals surface area contributed by atoms with Crippen molar-refractivity contribution in [3.05, 3.63) is 59.9 Å². The van der Waals surface area contributed by atoms with E-state index < -0.39 is 10.0 Å². The lowest BCUT2D eigenvalue weighted by atomic mass is 9.96. The molecule has 1 saturated carbocycles. The molecule has 1 saturated heterocycles. The average Bonchev–Trinajstić information content (AvgIpc) is 3.64. The van der Waals surface area contributed by atoms with Gasteiger partial charge in [0.05, 0.1) is 11.5 Å². The molecule has 2 aromatic carbocycles. The van der Waals surface area contributed by atoms with Gasteiger partial charge in [0.2, 0.25) is 15.9 Å². The Hall–Kier alpha value is -2.45. The fourth-order valence-electron chi connectivity index (χ4n) is 4.18. The highest BCUT2D eigenvalue weighted by Crippen LogP contribution is 2.33. The predicted octanol–water partition coefficient (Wildman–Crippen LogP) is 3.82. The zero-order valence-electron chi connectivity index (χ0n) is 18.2. The van der Waals surface area contributed by atoms with E-state index in [1.165, 1.54) is 10.4 Å². The second-order valence-electron chi connectivity index (χ2n) is 8.37. The van der Waals surface area contributed by atoms with E-state index in [0.717, 1.165) is 12.8 Å². The molecule has 172 valence electrons. The van der Waals surface area contributed by atoms with E-state index >= 15 is 0 Å². The van der Waals surface area contributed by atoms with Crippen molar-refractivity contribution in [3.8, 4) is 5.75 Å². The first kappa shape index (κ1) is 22.7. The number of sulfonamides is 1. The van der Waals surface area contributed by atoms with Crippen LogP contribution in [0.4, 0.5) is 4.39 Å². The van der Waals surface area contributed by atoms with Crippen LogP contribution in [0.3, 0.4) is 0 Å². The summed E-state index contributed by atoms with van der Waals surface area (Å²) < 4.78 is 47.0. The number of rotatable bonds is 8. The zero-order valence-corrected chi connectivity index (χ0v) is 19.1. The molecule has 0 unspecified atom stereocenters. The second kappa shape index (κ2) is 9.58. The van der Waals surface area contributed by atoms with Gasteiger partial charge in [-0.25, -0.2) is 12.8 Å². The van der Waals surface area contributed by atoms with Crippen LogP contribution in [0.2, 0.25) is 0 Å². The van der Waals surface area contributed by atoms with Gasteiger partial charge in [0.15, 0.2) is 0 Å². The lowest BCUT2D eigenvalue weighted by molar-refractivity contribution is -0.138. The first-order chi connectivity index (χ1) is 15.4. The molecule has 2 aromatic rings. The van der Waals surface area contributed by atoms with Gasteiger partial charge in [0.25, 0.3) is 0 Å². The largest absolute Gasteiger partial charge is 0.494 e. The number of hydrogen-bond acceptors (Lipinski definition) is 4. The van der Waals surface area contributed by atoms with E-state index in [1.807, 2.05) is 6.92 Å². The van der Waals surface area contributed by atoms with Crippen molar-refractivity contribution in [3.63, 3.8) is 0 Å². The number of amides is 1. The molecule has 2 aliphatic rings. The Morgan fingerprint density at radius 3 is 2.31 bits per heavy atom. The third-order valence-electron chi connectivity index (χ3n) is 6.14. The van der Waals surface area contributed by atoms with Gasteiger partial charge in [-0.05, 0) is 62.9 Å². The summed E-state index contributed by atoms with van der Waals surface area (Å²) >= 11 is 0. The fraction of sp³-hybridized carbons (Fsp3) is 0.458. The minimum absolute atomic E-state index is 0.00821. The number of carbonyl (C=O) groups excluding carboxylic acids is 1. The van der Waals surface area contributed by atoms with Gasteiger partial charge in [-0.3, -0.25) is 4.79 Å². The fourth-order valence-corrected chi connectivity index (χ4v) is 5.65. The Kier molecular flexibility index (Phi) is 6.81. The maximum Gasteiger partial charge on any atom is 0.243 e. The third kappa shape index (κ3) is 4.96. The summed E-state index contributed by atoms with van der Waals surface area (Å²) in [5, 5.41) is 0. The maximum atomic E-state index is 14.1. The van der Waals surface area contributed by atoms with Crippen LogP contribution in [0.15, 0.2) is 53.4 Å². The molecule has 4 rings (SSSR count). The molecule has 32 heavy (non-hydrogen) atoms. The minimum Gasteiger partial charge on any atom is -0.494 e. The van der Waals surface area contributed by atoms with Gasteiger partial charge in [-0.2, -0.15) is 4.31 Å². The topological polar surface area (TPSA) is 66.9 Å². The first-order valence-electron chi connectivity index (χ1n) is 11.2. The molecule has 8 heteroatoms. The molecule has 1 aliphatic heterocycles. The molecule has 0 radical (unpaired) electrons. The Morgan fingerprint density at radius 2 is 1.72 bits per heavy atom. The van der Waals surface area contributed by atoms with Crippen molar-refractivity contribution in [2.75, 3.05) is 19.7 Å². The number of piperidine rings is 1. The summed E-state index contributed by atoms with van der Waals surface area (Å²) in [7, 11) is -3.62. The molecule has 1 heterocycles. The number of carbonyl (C=O) groups is 1. The molecule has 0 N–H and O–H groups in total. The van der Waals surface area contributed by atoms with Crippen LogP contribution in [0.5, 0.6) is 5.75 Å². The van der Waals surface area contributed by atoms with Crippen molar-refractivity contribution < 1.29 is 22.3 Å². The smallest absolute Gasteiger partial charge is 0.243 e. The van der Waals surface area contributed by atoms with Gasteiger partial charge in [0.1, 0.15) is 11.6 Å². The van der Waals surface area contributed by atoms with Gasteiger partial charge < -0.3 is 9.64 Å². The van der Waals surface area contributed by atoms with Crippen LogP contribution in [-0.4, -0.2) is 49.3 Å². The van der Waals surface area contributed by atoms with Gasteiger partial charge in [0, 0.05) is 37.2 Å². The average molecular weight is 461 g/mol. The van der Waals surface area contributed by atoms with Crippen LogP contribution in [0.1, 0.15) is 38.2 Å². The van der Waals surface area contributed by atoms with Crippen molar-refractivity contribution in [1.82, 2.24) is 9.21 Å². The van der Waals surface area contributed by atoms with E-state index in [-0.39, 0.29) is 35.1 Å². The zero-order chi connectivity index (χ0) is 22.7. The molecule has 0 atom stereocenters. The molecular weight excluding hydrogens is 431 g/mol. The lowest BCUT2D eigenvalue weighted by Gasteiger charge is -2.34. The van der Waals surface area contributed by atoms with E-state index in [4.69, 9.17) is 4.74 Å². The van der Waals surface area contributed by atoms with Gasteiger partial charge in [-0.15, -0.1) is 0 Å². The molecule has 1 aliphatic carbocycles. The van der Waals surface area contributed by atoms with E-state index in [1.54, 1.807) is 47.4 Å². The normalized spacial score (nSPS) is 17.8. The molecule has 0 bridgehead atoms. The second-order valence-corrected chi connectivity index (χ2v) is 10.3. The van der Waals surface area contributed by atoms with Crippen LogP contribution < -0.4 is 4.74 Å². The lowest BCUT2D eigenvalue weighted by Crippen LogP contribution is -2.44. The van der Waals surface area contributed by atoms with Crippen molar-refractivity contribution in [2.45, 2.75) is 50.1 Å². The Bertz CT molecular complexity index is 1050. The highest BCUT2D eigenvalue weighted by molar-refractivity contribution is 7.89. The van der Waals surface area contributed by atoms with Crippen molar-refractivity contribution >= 4 is 15.9 Å². The third-order valence-corrected chi connectivity index (χ3v) is 8.06. The number of hydrogen-bond donors (Lipinski definition) is 0. The molecule has 6 nitrogen and oxygen atoms in total. The monoisotopic (exact) mass is 460 g/mol. The van der Waals surface area contributed by atoms with Crippen molar-refractivity contribution in [2.24, 2.45) is 5.92 Å². The Labute approximate surface area is 189 Å². The molecule has 0 spiro atoms. The van der Waals surface area contributed by atoms with E-state index in [9.17, 15) is 17.6 Å². The summed E-state index contributed by atoms with van der Waals surface area (Å²) in [4.78, 5) is 15.3. The number of benzene rings is 2. The Balaban J connectivity index is 1.39. The van der Waals surface area contributed by atoms with Crippen LogP contribution in [0.25, 0.3) is 0 Å². The molecule has 0 aromatic heterocycles. The highest BCUT2D eigenvalue weighted by atomic mass is 32.2. The van der Waals surface area contributed by atoms with E-state index in [2.05, 4.69) is 0 Å². The molecular formula is C24H29FN2O4S. The summed E-state index contributed by atoms with van der Waals surface area (Å²) in [6.07, 6.45) is 2.81. The molecule has 2 fully saturated rings. The summed E-state index contributed by atoms with van der Waals surface area (Å²) in [5.74, 6) is 0.0935. The SMILES string of the molecule is CCOc1ccc(S(=O)(=O)N2CCC(C(=O)N(Cc3ccccc3F)C3CC3)CC2)cc1. The standard InChI is InChI=1S/C24H29FN2O4S/c1-2-31-21-9-11-22(12-10-21)32(29,30)26-15-13-18(14-16-26)24(28)27(20-7-8-20)17-19-5-3-4-6-23(19)25/h3-6,9-12,18,20H,2,7-8,13-17H2,1H3. The van der Waals surface area contributed by atoms with Crippen molar-refractivity contribution in [1.29, 1.82) is 0 Å². The number of nitrogens with zero attached hydrogens (tertiary/aromatic N) is 2. The van der Waals surface area contributed by atoms with Gasteiger partial charge >= 0.3 is 0 Å². The van der Waals surface area contributed by atoms with Gasteiger partial charge in [-0.1, -0.05) is 18.2 Å². The quantitative estimate of drug-likeness (QED) is 0.601. The maximum absolute atomic E-state index is 14.1. The highest BCUT2D eigenvalue weighted by Gasteiger charge is 2.39. The number of halogens is 1. The predicted molar refractivity (Wildman–Crippen MR) is 119 cm³/mol. The summed E-state index contributed by atoms with van der Waals surface area (Å²) in [6.45, 7) is 3.24. The van der Waals surface area contributed by atoms with Crippen LogP contribution in [0, 0.1) is 11.7 Å². The van der Waals surface area contributed by atoms with E-state index in [0.29, 0.717) is 43.9 Å². The summed E-state index contributed by atoms with van der Waals surface area (Å²) in [6, 6.07) is 13.1. The molecule has 1 amide bonds. The summed E-state index contributed by atoms with van der Waals surface area (Å²) in [5.41, 5.74) is 0.517. The number of ether oxygens (including phenoxy) is 1. The minimum atomic E-state index is -3.62. The Morgan fingerprint density at radius 1 is 1.06 bits per heavy atom.